The van der Waals surface area contributed by atoms with Gasteiger partial charge < -0.3 is 20.5 Å². The van der Waals surface area contributed by atoms with Gasteiger partial charge in [-0.25, -0.2) is 9.37 Å². The number of nitrogens with zero attached hydrogens (tertiary/aromatic N) is 2. The fraction of sp³-hybridized carbons (Fsp3) is 0.261. The summed E-state index contributed by atoms with van der Waals surface area (Å²) in [5.41, 5.74) is 0.835. The van der Waals surface area contributed by atoms with Crippen molar-refractivity contribution >= 4 is 11.6 Å². The van der Waals surface area contributed by atoms with Gasteiger partial charge in [-0.3, -0.25) is 14.2 Å². The third-order valence-corrected chi connectivity index (χ3v) is 4.78. The van der Waals surface area contributed by atoms with E-state index in [9.17, 15) is 19.1 Å². The fourth-order valence-electron chi connectivity index (χ4n) is 3.09. The van der Waals surface area contributed by atoms with Gasteiger partial charge in [-0.2, -0.15) is 0 Å². The Balaban J connectivity index is 1.90. The average Bonchev–Trinajstić information content (AvgIpc) is 2.80. The zero-order valence-corrected chi connectivity index (χ0v) is 17.9. The SMILES string of the molecule is CCOCCNc1ccccc1-c1nc(C(=O)NCc2ccc(F)cc2)c(O)c(=O)n1C. The van der Waals surface area contributed by atoms with Gasteiger partial charge in [-0.1, -0.05) is 24.3 Å². The van der Waals surface area contributed by atoms with Crippen molar-refractivity contribution in [1.82, 2.24) is 14.9 Å². The highest BCUT2D eigenvalue weighted by atomic mass is 19.1. The van der Waals surface area contributed by atoms with Crippen LogP contribution in [0.5, 0.6) is 5.75 Å². The van der Waals surface area contributed by atoms with Crippen LogP contribution in [0.3, 0.4) is 0 Å². The van der Waals surface area contributed by atoms with Gasteiger partial charge in [0.2, 0.25) is 5.75 Å². The Bertz CT molecular complexity index is 1150. The summed E-state index contributed by atoms with van der Waals surface area (Å²) in [5, 5.41) is 16.1. The molecule has 8 nitrogen and oxygen atoms in total. The Morgan fingerprint density at radius 2 is 1.91 bits per heavy atom. The summed E-state index contributed by atoms with van der Waals surface area (Å²) in [6.45, 7) is 3.65. The molecule has 0 atom stereocenters. The molecular weight excluding hydrogens is 415 g/mol. The quantitative estimate of drug-likeness (QED) is 0.442. The van der Waals surface area contributed by atoms with Crippen LogP contribution >= 0.6 is 0 Å². The molecule has 3 rings (SSSR count). The highest BCUT2D eigenvalue weighted by molar-refractivity contribution is 5.95. The summed E-state index contributed by atoms with van der Waals surface area (Å²) >= 11 is 0. The van der Waals surface area contributed by atoms with Gasteiger partial charge in [0, 0.05) is 38.0 Å². The minimum Gasteiger partial charge on any atom is -0.501 e. The Morgan fingerprint density at radius 1 is 1.19 bits per heavy atom. The van der Waals surface area contributed by atoms with Gasteiger partial charge in [-0.05, 0) is 36.8 Å². The number of aromatic nitrogens is 2. The summed E-state index contributed by atoms with van der Waals surface area (Å²) in [7, 11) is 1.47. The van der Waals surface area contributed by atoms with Crippen LogP contribution in [-0.2, 0) is 18.3 Å². The maximum Gasteiger partial charge on any atom is 0.296 e. The summed E-state index contributed by atoms with van der Waals surface area (Å²) in [4.78, 5) is 29.6. The molecule has 0 spiro atoms. The first-order valence-corrected chi connectivity index (χ1v) is 10.2. The van der Waals surface area contributed by atoms with Crippen molar-refractivity contribution in [3.63, 3.8) is 0 Å². The van der Waals surface area contributed by atoms with Crippen LogP contribution in [0.25, 0.3) is 11.4 Å². The van der Waals surface area contributed by atoms with Crippen molar-refractivity contribution in [2.75, 3.05) is 25.1 Å². The van der Waals surface area contributed by atoms with Crippen molar-refractivity contribution in [2.45, 2.75) is 13.5 Å². The fourth-order valence-corrected chi connectivity index (χ4v) is 3.09. The lowest BCUT2D eigenvalue weighted by Crippen LogP contribution is -2.29. The Morgan fingerprint density at radius 3 is 2.62 bits per heavy atom. The summed E-state index contributed by atoms with van der Waals surface area (Å²) < 4.78 is 19.6. The Kier molecular flexibility index (Phi) is 7.56. The molecule has 3 N–H and O–H groups in total. The number of carbonyl (C=O) groups excluding carboxylic acids is 1. The van der Waals surface area contributed by atoms with E-state index in [4.69, 9.17) is 4.74 Å². The van der Waals surface area contributed by atoms with E-state index in [1.54, 1.807) is 12.1 Å². The van der Waals surface area contributed by atoms with Gasteiger partial charge in [0.25, 0.3) is 11.5 Å². The number of halogens is 1. The van der Waals surface area contributed by atoms with Crippen molar-refractivity contribution in [2.24, 2.45) is 7.05 Å². The Labute approximate surface area is 184 Å². The van der Waals surface area contributed by atoms with Crippen LogP contribution in [0.1, 0.15) is 23.0 Å². The van der Waals surface area contributed by atoms with Gasteiger partial charge in [0.05, 0.1) is 6.61 Å². The lowest BCUT2D eigenvalue weighted by molar-refractivity contribution is 0.0942. The standard InChI is InChI=1S/C23H25FN4O4/c1-3-32-13-12-25-18-7-5-4-6-17(18)21-27-19(20(29)23(31)28(21)2)22(30)26-14-15-8-10-16(24)11-9-15/h4-11,25,29H,3,12-14H2,1-2H3,(H,26,30). The number of hydrogen-bond donors (Lipinski definition) is 3. The summed E-state index contributed by atoms with van der Waals surface area (Å²) in [5.74, 6) is -1.62. The molecule has 0 aliphatic carbocycles. The number of anilines is 1. The minimum atomic E-state index is -0.744. The molecule has 1 amide bonds. The van der Waals surface area contributed by atoms with E-state index >= 15 is 0 Å². The molecule has 32 heavy (non-hydrogen) atoms. The van der Waals surface area contributed by atoms with Crippen molar-refractivity contribution in [3.05, 3.63) is 76.0 Å². The minimum absolute atomic E-state index is 0.0837. The number of carbonyl (C=O) groups is 1. The van der Waals surface area contributed by atoms with Crippen molar-refractivity contribution in [1.29, 1.82) is 0 Å². The van der Waals surface area contributed by atoms with E-state index in [1.807, 2.05) is 19.1 Å². The van der Waals surface area contributed by atoms with Crippen LogP contribution in [0.15, 0.2) is 53.3 Å². The topological polar surface area (TPSA) is 105 Å². The Hall–Kier alpha value is -3.72. The zero-order valence-electron chi connectivity index (χ0n) is 17.9. The maximum atomic E-state index is 13.1. The molecule has 9 heteroatoms. The van der Waals surface area contributed by atoms with E-state index in [-0.39, 0.29) is 23.9 Å². The molecule has 0 saturated carbocycles. The molecule has 0 aliphatic rings. The zero-order chi connectivity index (χ0) is 23.1. The van der Waals surface area contributed by atoms with Gasteiger partial charge in [-0.15, -0.1) is 0 Å². The van der Waals surface area contributed by atoms with Gasteiger partial charge in [0.1, 0.15) is 11.6 Å². The number of nitrogens with one attached hydrogen (secondary N) is 2. The highest BCUT2D eigenvalue weighted by Crippen LogP contribution is 2.26. The van der Waals surface area contributed by atoms with Crippen LogP contribution in [-0.4, -0.2) is 40.3 Å². The molecule has 168 valence electrons. The van der Waals surface area contributed by atoms with Gasteiger partial charge in [0.15, 0.2) is 5.69 Å². The predicted octanol–water partition coefficient (Wildman–Crippen LogP) is 2.67. The predicted molar refractivity (Wildman–Crippen MR) is 119 cm³/mol. The number of rotatable bonds is 9. The van der Waals surface area contributed by atoms with Crippen molar-refractivity contribution in [3.8, 4) is 17.1 Å². The number of ether oxygens (including phenoxy) is 1. The second-order valence-corrected chi connectivity index (χ2v) is 6.98. The molecule has 0 bridgehead atoms. The second kappa shape index (κ2) is 10.5. The molecule has 3 aromatic rings. The average molecular weight is 440 g/mol. The largest absolute Gasteiger partial charge is 0.501 e. The third-order valence-electron chi connectivity index (χ3n) is 4.78. The molecule has 0 radical (unpaired) electrons. The van der Waals surface area contributed by atoms with E-state index in [1.165, 1.54) is 35.9 Å². The number of aromatic hydroxyl groups is 1. The summed E-state index contributed by atoms with van der Waals surface area (Å²) in [6.07, 6.45) is 0. The number of para-hydroxylation sites is 1. The molecule has 2 aromatic carbocycles. The molecule has 1 heterocycles. The smallest absolute Gasteiger partial charge is 0.296 e. The highest BCUT2D eigenvalue weighted by Gasteiger charge is 2.21. The van der Waals surface area contributed by atoms with E-state index in [0.717, 1.165) is 0 Å². The number of amides is 1. The normalized spacial score (nSPS) is 10.7. The molecule has 0 unspecified atom stereocenters. The lowest BCUT2D eigenvalue weighted by atomic mass is 10.1. The van der Waals surface area contributed by atoms with E-state index < -0.39 is 17.2 Å². The number of benzene rings is 2. The van der Waals surface area contributed by atoms with Crippen LogP contribution < -0.4 is 16.2 Å². The van der Waals surface area contributed by atoms with Crippen molar-refractivity contribution < 1.29 is 19.0 Å². The molecule has 0 saturated heterocycles. The monoisotopic (exact) mass is 440 g/mol. The third kappa shape index (κ3) is 5.30. The van der Waals surface area contributed by atoms with E-state index in [2.05, 4.69) is 15.6 Å². The van der Waals surface area contributed by atoms with Crippen LogP contribution in [0, 0.1) is 5.82 Å². The first kappa shape index (κ1) is 23.0. The molecular formula is C23H25FN4O4. The van der Waals surface area contributed by atoms with E-state index in [0.29, 0.717) is 36.6 Å². The van der Waals surface area contributed by atoms with Crippen LogP contribution in [0.4, 0.5) is 10.1 Å². The lowest BCUT2D eigenvalue weighted by Gasteiger charge is -2.15. The second-order valence-electron chi connectivity index (χ2n) is 6.98. The van der Waals surface area contributed by atoms with Gasteiger partial charge >= 0.3 is 0 Å². The van der Waals surface area contributed by atoms with Crippen LogP contribution in [0.2, 0.25) is 0 Å². The summed E-state index contributed by atoms with van der Waals surface area (Å²) in [6, 6.07) is 12.8. The number of hydrogen-bond acceptors (Lipinski definition) is 6. The molecule has 0 aliphatic heterocycles. The first-order chi connectivity index (χ1) is 15.4. The molecule has 0 fully saturated rings. The maximum absolute atomic E-state index is 13.1. The molecule has 1 aromatic heterocycles. The first-order valence-electron chi connectivity index (χ1n) is 10.2.